The molecule has 1 aromatic carbocycles. The second-order valence-electron chi connectivity index (χ2n) is 8.85. The number of hydrogen-bond acceptors (Lipinski definition) is 8. The molecule has 3 saturated heterocycles. The van der Waals surface area contributed by atoms with E-state index in [0.717, 1.165) is 76.3 Å². The minimum atomic E-state index is -0.194. The summed E-state index contributed by atoms with van der Waals surface area (Å²) in [5.74, 6) is 0.947. The van der Waals surface area contributed by atoms with Crippen molar-refractivity contribution in [2.75, 3.05) is 51.1 Å². The van der Waals surface area contributed by atoms with Crippen molar-refractivity contribution in [2.24, 2.45) is 0 Å². The molecule has 3 aliphatic heterocycles. The van der Waals surface area contributed by atoms with Crippen molar-refractivity contribution in [2.45, 2.75) is 50.2 Å². The summed E-state index contributed by atoms with van der Waals surface area (Å²) in [4.78, 5) is 4.48. The number of ether oxygens (including phenoxy) is 3. The molecule has 0 spiro atoms. The van der Waals surface area contributed by atoms with E-state index in [-0.39, 0.29) is 11.9 Å². The molecule has 8 nitrogen and oxygen atoms in total. The highest BCUT2D eigenvalue weighted by Crippen LogP contribution is 2.36. The van der Waals surface area contributed by atoms with Crippen molar-refractivity contribution >= 4 is 6.01 Å². The molecular weight excluding hydrogens is 415 g/mol. The lowest BCUT2D eigenvalue weighted by molar-refractivity contribution is 0.0246. The normalized spacial score (nSPS) is 24.4. The van der Waals surface area contributed by atoms with E-state index in [1.54, 1.807) is 12.1 Å². The third-order valence-corrected chi connectivity index (χ3v) is 6.83. The molecule has 2 aromatic rings. The van der Waals surface area contributed by atoms with Crippen LogP contribution in [-0.4, -0.2) is 73.4 Å². The standard InChI is InChI=1S/C23H31FN4O4/c24-18-1-2-22(32-20-6-11-29-12-7-20)21(13-18)17-3-8-27(9-4-17)19-5-10-28(16-30-14-19)23-26-25-15-31-23/h1-2,13,15,17,19-20H,3-12,14,16H2/t19-/m0/s1. The van der Waals surface area contributed by atoms with E-state index in [2.05, 4.69) is 15.1 Å². The number of nitrogens with zero attached hydrogens (tertiary/aromatic N) is 4. The number of halogens is 1. The molecule has 3 fully saturated rings. The zero-order valence-electron chi connectivity index (χ0n) is 18.3. The highest BCUT2D eigenvalue weighted by Gasteiger charge is 2.30. The molecule has 0 N–H and O–H groups in total. The van der Waals surface area contributed by atoms with E-state index < -0.39 is 0 Å². The summed E-state index contributed by atoms with van der Waals surface area (Å²) in [7, 11) is 0. The van der Waals surface area contributed by atoms with Crippen LogP contribution < -0.4 is 9.64 Å². The Balaban J connectivity index is 1.19. The average molecular weight is 447 g/mol. The Bertz CT molecular complexity index is 854. The zero-order chi connectivity index (χ0) is 21.8. The third kappa shape index (κ3) is 5.05. The molecule has 9 heteroatoms. The molecule has 0 unspecified atom stereocenters. The lowest BCUT2D eigenvalue weighted by Crippen LogP contribution is -2.43. The average Bonchev–Trinajstić information content (AvgIpc) is 3.26. The fraction of sp³-hybridized carbons (Fsp3) is 0.652. The summed E-state index contributed by atoms with van der Waals surface area (Å²) < 4.78 is 37.1. The summed E-state index contributed by atoms with van der Waals surface area (Å²) in [6.45, 7) is 5.36. The third-order valence-electron chi connectivity index (χ3n) is 6.83. The summed E-state index contributed by atoms with van der Waals surface area (Å²) in [6.07, 6.45) is 6.21. The van der Waals surface area contributed by atoms with Crippen molar-refractivity contribution in [3.8, 4) is 5.75 Å². The van der Waals surface area contributed by atoms with Gasteiger partial charge in [-0.2, -0.15) is 0 Å². The van der Waals surface area contributed by atoms with Crippen LogP contribution in [-0.2, 0) is 9.47 Å². The van der Waals surface area contributed by atoms with Gasteiger partial charge >= 0.3 is 6.01 Å². The molecule has 1 aromatic heterocycles. The molecular formula is C23H31FN4O4. The van der Waals surface area contributed by atoms with Gasteiger partial charge in [0.2, 0.25) is 6.39 Å². The molecule has 5 rings (SSSR count). The second-order valence-corrected chi connectivity index (χ2v) is 8.85. The Hall–Kier alpha value is -2.23. The maximum atomic E-state index is 14.1. The Morgan fingerprint density at radius 3 is 2.62 bits per heavy atom. The van der Waals surface area contributed by atoms with Gasteiger partial charge < -0.3 is 23.5 Å². The van der Waals surface area contributed by atoms with E-state index in [0.29, 0.717) is 31.3 Å². The Morgan fingerprint density at radius 1 is 1.00 bits per heavy atom. The Kier molecular flexibility index (Phi) is 6.85. The molecule has 32 heavy (non-hydrogen) atoms. The van der Waals surface area contributed by atoms with Gasteiger partial charge in [-0.05, 0) is 56.5 Å². The van der Waals surface area contributed by atoms with Gasteiger partial charge in [0.1, 0.15) is 24.4 Å². The van der Waals surface area contributed by atoms with Crippen molar-refractivity contribution < 1.29 is 23.0 Å². The van der Waals surface area contributed by atoms with Gasteiger partial charge in [-0.3, -0.25) is 4.90 Å². The van der Waals surface area contributed by atoms with E-state index in [1.807, 2.05) is 4.90 Å². The van der Waals surface area contributed by atoms with Gasteiger partial charge in [0.15, 0.2) is 0 Å². The SMILES string of the molecule is Fc1ccc(OC2CCOCC2)c(C2CCN([C@H]3CCN(c4nnco4)COC3)CC2)c1. The lowest BCUT2D eigenvalue weighted by atomic mass is 9.88. The fourth-order valence-corrected chi connectivity index (χ4v) is 4.99. The predicted octanol–water partition coefficient (Wildman–Crippen LogP) is 3.20. The summed E-state index contributed by atoms with van der Waals surface area (Å²) >= 11 is 0. The van der Waals surface area contributed by atoms with Crippen LogP contribution in [0.1, 0.15) is 43.6 Å². The number of likely N-dealkylation sites (tertiary alicyclic amines) is 1. The van der Waals surface area contributed by atoms with Gasteiger partial charge in [-0.15, -0.1) is 5.10 Å². The molecule has 174 valence electrons. The van der Waals surface area contributed by atoms with Gasteiger partial charge in [0.25, 0.3) is 0 Å². The molecule has 0 radical (unpaired) electrons. The maximum Gasteiger partial charge on any atom is 0.319 e. The predicted molar refractivity (Wildman–Crippen MR) is 115 cm³/mol. The van der Waals surface area contributed by atoms with E-state index >= 15 is 0 Å². The Labute approximate surface area is 187 Å². The fourth-order valence-electron chi connectivity index (χ4n) is 4.99. The zero-order valence-corrected chi connectivity index (χ0v) is 18.3. The number of anilines is 1. The van der Waals surface area contributed by atoms with Crippen LogP contribution >= 0.6 is 0 Å². The highest BCUT2D eigenvalue weighted by molar-refractivity contribution is 5.37. The maximum absolute atomic E-state index is 14.1. The first-order valence-corrected chi connectivity index (χ1v) is 11.6. The molecule has 1 atom stereocenters. The minimum absolute atomic E-state index is 0.151. The van der Waals surface area contributed by atoms with E-state index in [9.17, 15) is 4.39 Å². The van der Waals surface area contributed by atoms with Gasteiger partial charge in [-0.25, -0.2) is 4.39 Å². The van der Waals surface area contributed by atoms with Gasteiger partial charge in [-0.1, -0.05) is 5.10 Å². The van der Waals surface area contributed by atoms with Gasteiger partial charge in [0, 0.05) is 31.0 Å². The van der Waals surface area contributed by atoms with Crippen LogP contribution in [0.2, 0.25) is 0 Å². The van der Waals surface area contributed by atoms with Crippen molar-refractivity contribution in [3.05, 3.63) is 36.0 Å². The van der Waals surface area contributed by atoms with Crippen LogP contribution in [0.4, 0.5) is 10.4 Å². The van der Waals surface area contributed by atoms with Crippen molar-refractivity contribution in [1.82, 2.24) is 15.1 Å². The summed E-state index contributed by atoms with van der Waals surface area (Å²) in [5, 5.41) is 7.74. The summed E-state index contributed by atoms with van der Waals surface area (Å²) in [5.41, 5.74) is 1.01. The number of piperidine rings is 1. The van der Waals surface area contributed by atoms with E-state index in [1.165, 1.54) is 12.5 Å². The topological polar surface area (TPSA) is 73.1 Å². The van der Waals surface area contributed by atoms with Crippen LogP contribution in [0.25, 0.3) is 0 Å². The van der Waals surface area contributed by atoms with Crippen molar-refractivity contribution in [3.63, 3.8) is 0 Å². The van der Waals surface area contributed by atoms with Crippen LogP contribution in [0.15, 0.2) is 29.0 Å². The first-order chi connectivity index (χ1) is 15.8. The van der Waals surface area contributed by atoms with E-state index in [4.69, 9.17) is 18.6 Å². The van der Waals surface area contributed by atoms with Gasteiger partial charge in [0.05, 0.1) is 19.8 Å². The molecule has 3 aliphatic rings. The second kappa shape index (κ2) is 10.1. The minimum Gasteiger partial charge on any atom is -0.490 e. The smallest absolute Gasteiger partial charge is 0.319 e. The largest absolute Gasteiger partial charge is 0.490 e. The van der Waals surface area contributed by atoms with Crippen LogP contribution in [0.5, 0.6) is 5.75 Å². The van der Waals surface area contributed by atoms with Crippen LogP contribution in [0.3, 0.4) is 0 Å². The highest BCUT2D eigenvalue weighted by atomic mass is 19.1. The first kappa shape index (κ1) is 21.6. The van der Waals surface area contributed by atoms with Crippen molar-refractivity contribution in [1.29, 1.82) is 0 Å². The molecule has 0 aliphatic carbocycles. The lowest BCUT2D eigenvalue weighted by Gasteiger charge is -2.37. The number of benzene rings is 1. The Morgan fingerprint density at radius 2 is 1.84 bits per heavy atom. The molecule has 0 saturated carbocycles. The first-order valence-electron chi connectivity index (χ1n) is 11.6. The monoisotopic (exact) mass is 446 g/mol. The number of aromatic nitrogens is 2. The molecule has 0 bridgehead atoms. The number of hydrogen-bond donors (Lipinski definition) is 0. The van der Waals surface area contributed by atoms with Crippen LogP contribution in [0, 0.1) is 5.82 Å². The molecule has 4 heterocycles. The molecule has 0 amide bonds. The number of rotatable bonds is 5. The quantitative estimate of drug-likeness (QED) is 0.693. The summed E-state index contributed by atoms with van der Waals surface area (Å²) in [6, 6.07) is 5.84.